The maximum absolute atomic E-state index is 13.0. The fourth-order valence-electron chi connectivity index (χ4n) is 4.88. The van der Waals surface area contributed by atoms with Gasteiger partial charge in [-0.25, -0.2) is 4.98 Å². The molecule has 1 aliphatic carbocycles. The summed E-state index contributed by atoms with van der Waals surface area (Å²) in [7, 11) is 1.69. The first kappa shape index (κ1) is 22.4. The number of anilines is 1. The predicted molar refractivity (Wildman–Crippen MR) is 126 cm³/mol. The van der Waals surface area contributed by atoms with Gasteiger partial charge in [0.1, 0.15) is 23.9 Å². The molecule has 1 saturated heterocycles. The van der Waals surface area contributed by atoms with Gasteiger partial charge in [-0.1, -0.05) is 6.07 Å². The van der Waals surface area contributed by atoms with Crippen molar-refractivity contribution >= 4 is 17.5 Å². The van der Waals surface area contributed by atoms with Crippen LogP contribution in [0, 0.1) is 5.92 Å². The minimum absolute atomic E-state index is 0.0127. The van der Waals surface area contributed by atoms with Crippen molar-refractivity contribution in [3.8, 4) is 5.75 Å². The number of carbonyl (C=O) groups is 2. The first-order valence-corrected chi connectivity index (χ1v) is 11.8. The number of nitrogens with zero attached hydrogens (tertiary/aromatic N) is 3. The second kappa shape index (κ2) is 9.85. The van der Waals surface area contributed by atoms with E-state index < -0.39 is 0 Å². The van der Waals surface area contributed by atoms with Gasteiger partial charge >= 0.3 is 0 Å². The molecule has 1 amide bonds. The van der Waals surface area contributed by atoms with Crippen molar-refractivity contribution in [3.63, 3.8) is 0 Å². The topological polar surface area (TPSA) is 81.2 Å². The number of ketones is 1. The van der Waals surface area contributed by atoms with E-state index in [1.807, 2.05) is 23.1 Å². The number of ether oxygens (including phenoxy) is 3. The number of carbonyl (C=O) groups excluding carboxylic acids is 2. The summed E-state index contributed by atoms with van der Waals surface area (Å²) in [5, 5.41) is 0. The van der Waals surface area contributed by atoms with Crippen molar-refractivity contribution in [2.45, 2.75) is 31.5 Å². The molecular formula is C26H29N3O5. The van der Waals surface area contributed by atoms with E-state index in [2.05, 4.69) is 9.88 Å². The molecule has 34 heavy (non-hydrogen) atoms. The van der Waals surface area contributed by atoms with E-state index in [1.165, 1.54) is 6.26 Å². The zero-order chi connectivity index (χ0) is 23.5. The summed E-state index contributed by atoms with van der Waals surface area (Å²) in [6, 6.07) is 12.8. The van der Waals surface area contributed by atoms with Crippen LogP contribution in [0.15, 0.2) is 60.7 Å². The third-order valence-corrected chi connectivity index (χ3v) is 6.88. The van der Waals surface area contributed by atoms with Gasteiger partial charge in [0.15, 0.2) is 0 Å². The lowest BCUT2D eigenvalue weighted by Crippen LogP contribution is -2.49. The van der Waals surface area contributed by atoms with Crippen LogP contribution in [-0.4, -0.2) is 67.1 Å². The zero-order valence-electron chi connectivity index (χ0n) is 19.3. The van der Waals surface area contributed by atoms with Gasteiger partial charge in [0, 0.05) is 51.5 Å². The molecule has 5 rings (SSSR count). The van der Waals surface area contributed by atoms with Gasteiger partial charge in [-0.2, -0.15) is 0 Å². The van der Waals surface area contributed by atoms with Crippen LogP contribution in [0.2, 0.25) is 0 Å². The summed E-state index contributed by atoms with van der Waals surface area (Å²) in [4.78, 5) is 34.3. The fourth-order valence-corrected chi connectivity index (χ4v) is 4.88. The second-order valence-electron chi connectivity index (χ2n) is 8.89. The number of amides is 1. The Balaban J connectivity index is 1.17. The van der Waals surface area contributed by atoms with Crippen molar-refractivity contribution in [3.05, 3.63) is 66.2 Å². The molecule has 1 aromatic heterocycles. The Morgan fingerprint density at radius 2 is 1.85 bits per heavy atom. The van der Waals surface area contributed by atoms with Crippen LogP contribution in [0.4, 0.5) is 5.82 Å². The number of pyridine rings is 1. The molecule has 0 bridgehead atoms. The molecule has 0 radical (unpaired) electrons. The Bertz CT molecular complexity index is 1050. The standard InChI is InChI=1S/C26H29N3O5/c1-32-20-9-10-21-22(16-20)33-17-23(25(21)30)34-19-7-5-18(6-8-19)26(31)29-14-12-28(13-15-29)24-4-2-3-11-27-24/h2-8,11,17,20-22H,9-10,12-16H2,1H3. The minimum Gasteiger partial charge on any atom is -0.493 e. The number of benzene rings is 1. The maximum Gasteiger partial charge on any atom is 0.253 e. The summed E-state index contributed by atoms with van der Waals surface area (Å²) in [5.41, 5.74) is 0.594. The predicted octanol–water partition coefficient (Wildman–Crippen LogP) is 3.05. The fraction of sp³-hybridized carbons (Fsp3) is 0.423. The lowest BCUT2D eigenvalue weighted by Gasteiger charge is -2.36. The summed E-state index contributed by atoms with van der Waals surface area (Å²) in [5.74, 6) is 1.41. The molecular weight excluding hydrogens is 434 g/mol. The van der Waals surface area contributed by atoms with Crippen LogP contribution in [0.25, 0.3) is 0 Å². The number of hydrogen-bond donors (Lipinski definition) is 0. The highest BCUT2D eigenvalue weighted by Gasteiger charge is 2.41. The summed E-state index contributed by atoms with van der Waals surface area (Å²) < 4.78 is 17.0. The van der Waals surface area contributed by atoms with Crippen molar-refractivity contribution in [1.29, 1.82) is 0 Å². The third-order valence-electron chi connectivity index (χ3n) is 6.88. The molecule has 2 fully saturated rings. The Labute approximate surface area is 199 Å². The molecule has 0 spiro atoms. The van der Waals surface area contributed by atoms with Crippen molar-refractivity contribution in [2.24, 2.45) is 5.92 Å². The summed E-state index contributed by atoms with van der Waals surface area (Å²) in [6.07, 6.45) is 5.45. The molecule has 2 aromatic rings. The van der Waals surface area contributed by atoms with Crippen LogP contribution in [0.1, 0.15) is 29.6 Å². The Hall–Kier alpha value is -3.39. The van der Waals surface area contributed by atoms with Crippen LogP contribution in [0.3, 0.4) is 0 Å². The molecule has 1 saturated carbocycles. The Morgan fingerprint density at radius 1 is 1.06 bits per heavy atom. The number of rotatable bonds is 5. The van der Waals surface area contributed by atoms with E-state index in [9.17, 15) is 9.59 Å². The lowest BCUT2D eigenvalue weighted by atomic mass is 9.80. The quantitative estimate of drug-likeness (QED) is 0.674. The highest BCUT2D eigenvalue weighted by atomic mass is 16.5. The number of aromatic nitrogens is 1. The smallest absolute Gasteiger partial charge is 0.253 e. The molecule has 3 heterocycles. The number of fused-ring (bicyclic) bond motifs is 1. The van der Waals surface area contributed by atoms with Crippen LogP contribution >= 0.6 is 0 Å². The van der Waals surface area contributed by atoms with Gasteiger partial charge in [0.25, 0.3) is 5.91 Å². The third kappa shape index (κ3) is 4.63. The molecule has 3 unspecified atom stereocenters. The molecule has 3 aliphatic rings. The minimum atomic E-state index is -0.197. The Kier molecular flexibility index (Phi) is 6.49. The second-order valence-corrected chi connectivity index (χ2v) is 8.89. The van der Waals surface area contributed by atoms with E-state index >= 15 is 0 Å². The number of allylic oxidation sites excluding steroid dienone is 1. The molecule has 1 aromatic carbocycles. The lowest BCUT2D eigenvalue weighted by molar-refractivity contribution is -0.133. The van der Waals surface area contributed by atoms with E-state index in [1.54, 1.807) is 37.6 Å². The van der Waals surface area contributed by atoms with E-state index in [0.717, 1.165) is 31.7 Å². The van der Waals surface area contributed by atoms with Gasteiger partial charge in [-0.3, -0.25) is 9.59 Å². The molecule has 8 nitrogen and oxygen atoms in total. The van der Waals surface area contributed by atoms with Gasteiger partial charge in [-0.15, -0.1) is 0 Å². The SMILES string of the molecule is COC1CCC2C(=O)C(Oc3ccc(C(=O)N4CCN(c5ccccn5)CC4)cc3)=COC2C1. The van der Waals surface area contributed by atoms with Gasteiger partial charge in [0.05, 0.1) is 12.0 Å². The van der Waals surface area contributed by atoms with E-state index in [0.29, 0.717) is 30.8 Å². The molecule has 8 heteroatoms. The summed E-state index contributed by atoms with van der Waals surface area (Å²) in [6.45, 7) is 2.76. The number of methoxy groups -OCH3 is 1. The number of hydrogen-bond acceptors (Lipinski definition) is 7. The number of Topliss-reactive ketones (excluding diaryl/α,β-unsaturated/α-hetero) is 1. The van der Waals surface area contributed by atoms with Gasteiger partial charge < -0.3 is 24.0 Å². The average Bonchev–Trinajstić information content (AvgIpc) is 2.90. The maximum atomic E-state index is 13.0. The largest absolute Gasteiger partial charge is 0.493 e. The van der Waals surface area contributed by atoms with Crippen molar-refractivity contribution in [2.75, 3.05) is 38.2 Å². The molecule has 3 atom stereocenters. The Morgan fingerprint density at radius 3 is 2.56 bits per heavy atom. The highest BCUT2D eigenvalue weighted by Crippen LogP contribution is 2.35. The van der Waals surface area contributed by atoms with Crippen LogP contribution in [-0.2, 0) is 14.3 Å². The van der Waals surface area contributed by atoms with E-state index in [4.69, 9.17) is 14.2 Å². The van der Waals surface area contributed by atoms with Gasteiger partial charge in [0.2, 0.25) is 11.5 Å². The average molecular weight is 464 g/mol. The van der Waals surface area contributed by atoms with Crippen LogP contribution in [0.5, 0.6) is 5.75 Å². The van der Waals surface area contributed by atoms with Crippen molar-refractivity contribution < 1.29 is 23.8 Å². The highest BCUT2D eigenvalue weighted by molar-refractivity contribution is 5.97. The van der Waals surface area contributed by atoms with Crippen LogP contribution < -0.4 is 9.64 Å². The molecule has 2 aliphatic heterocycles. The first-order valence-electron chi connectivity index (χ1n) is 11.8. The monoisotopic (exact) mass is 463 g/mol. The first-order chi connectivity index (χ1) is 16.6. The zero-order valence-corrected chi connectivity index (χ0v) is 19.3. The molecule has 178 valence electrons. The van der Waals surface area contributed by atoms with Crippen molar-refractivity contribution in [1.82, 2.24) is 9.88 Å². The van der Waals surface area contributed by atoms with E-state index in [-0.39, 0.29) is 35.6 Å². The number of piperazine rings is 1. The molecule has 0 N–H and O–H groups in total. The normalized spacial score (nSPS) is 24.7. The summed E-state index contributed by atoms with van der Waals surface area (Å²) >= 11 is 0. The van der Waals surface area contributed by atoms with Gasteiger partial charge in [-0.05, 0) is 49.2 Å².